The summed E-state index contributed by atoms with van der Waals surface area (Å²) in [6.45, 7) is 4.49. The van der Waals surface area contributed by atoms with Gasteiger partial charge in [-0.25, -0.2) is 0 Å². The molecule has 0 atom stereocenters. The van der Waals surface area contributed by atoms with Gasteiger partial charge in [-0.2, -0.15) is 5.10 Å². The van der Waals surface area contributed by atoms with Crippen LogP contribution in [-0.2, 0) is 13.1 Å². The number of guanidine groups is 1. The Morgan fingerprint density at radius 2 is 2.10 bits per heavy atom. The predicted molar refractivity (Wildman–Crippen MR) is 81.6 cm³/mol. The van der Waals surface area contributed by atoms with Gasteiger partial charge >= 0.3 is 0 Å². The summed E-state index contributed by atoms with van der Waals surface area (Å²) in [7, 11) is 1.78. The number of hydrogen-bond donors (Lipinski definition) is 2. The van der Waals surface area contributed by atoms with Crippen LogP contribution in [0.5, 0.6) is 0 Å². The molecular weight excluding hydrogens is 250 g/mol. The number of nitrogens with one attached hydrogen (secondary N) is 2. The Morgan fingerprint density at radius 3 is 2.80 bits per heavy atom. The maximum atomic E-state index is 4.22. The number of rotatable bonds is 5. The second-order valence-corrected chi connectivity index (χ2v) is 4.55. The van der Waals surface area contributed by atoms with E-state index in [4.69, 9.17) is 0 Å². The standard InChI is InChI=1S/C15H21N5/c1-13-6-3-4-7-14(13)12-18-15(16-2)17-9-11-20-10-5-8-19-20/h3-8,10H,9,11-12H2,1-2H3,(H2,16,17,18). The highest BCUT2D eigenvalue weighted by Gasteiger charge is 2.00. The van der Waals surface area contributed by atoms with Crippen molar-refractivity contribution in [2.45, 2.75) is 20.0 Å². The van der Waals surface area contributed by atoms with Crippen molar-refractivity contribution in [3.8, 4) is 0 Å². The molecule has 0 radical (unpaired) electrons. The number of aromatic nitrogens is 2. The van der Waals surface area contributed by atoms with Gasteiger partial charge in [0.05, 0.1) is 6.54 Å². The van der Waals surface area contributed by atoms with Crippen LogP contribution in [0.25, 0.3) is 0 Å². The van der Waals surface area contributed by atoms with E-state index >= 15 is 0 Å². The molecular formula is C15H21N5. The molecule has 5 heteroatoms. The minimum Gasteiger partial charge on any atom is -0.355 e. The normalized spacial score (nSPS) is 11.4. The van der Waals surface area contributed by atoms with Crippen molar-refractivity contribution in [2.75, 3.05) is 13.6 Å². The fraction of sp³-hybridized carbons (Fsp3) is 0.333. The third-order valence-electron chi connectivity index (χ3n) is 3.12. The fourth-order valence-corrected chi connectivity index (χ4v) is 1.93. The van der Waals surface area contributed by atoms with E-state index < -0.39 is 0 Å². The Bertz CT molecular complexity index is 545. The first kappa shape index (κ1) is 14.1. The van der Waals surface area contributed by atoms with Crippen LogP contribution in [-0.4, -0.2) is 29.3 Å². The summed E-state index contributed by atoms with van der Waals surface area (Å²) < 4.78 is 1.89. The third kappa shape index (κ3) is 4.12. The molecule has 2 aromatic rings. The van der Waals surface area contributed by atoms with Crippen molar-refractivity contribution >= 4 is 5.96 Å². The maximum Gasteiger partial charge on any atom is 0.191 e. The summed E-state index contributed by atoms with van der Waals surface area (Å²) in [5, 5.41) is 10.8. The SMILES string of the molecule is CN=C(NCCn1cccn1)NCc1ccccc1C. The van der Waals surface area contributed by atoms with Crippen molar-refractivity contribution in [1.29, 1.82) is 0 Å². The number of aryl methyl sites for hydroxylation is 1. The van der Waals surface area contributed by atoms with Gasteiger partial charge in [0, 0.05) is 32.5 Å². The summed E-state index contributed by atoms with van der Waals surface area (Å²) in [6.07, 6.45) is 3.73. The van der Waals surface area contributed by atoms with E-state index in [1.165, 1.54) is 11.1 Å². The maximum absolute atomic E-state index is 4.22. The molecule has 0 unspecified atom stereocenters. The average Bonchev–Trinajstić information content (AvgIpc) is 2.97. The molecule has 0 fully saturated rings. The van der Waals surface area contributed by atoms with Crippen molar-refractivity contribution in [3.63, 3.8) is 0 Å². The molecule has 0 saturated heterocycles. The summed E-state index contributed by atoms with van der Waals surface area (Å²) in [5.74, 6) is 0.806. The number of nitrogens with zero attached hydrogens (tertiary/aromatic N) is 3. The molecule has 0 bridgehead atoms. The Morgan fingerprint density at radius 1 is 1.25 bits per heavy atom. The van der Waals surface area contributed by atoms with Gasteiger partial charge in [-0.05, 0) is 24.1 Å². The first-order chi connectivity index (χ1) is 9.79. The molecule has 2 rings (SSSR count). The second kappa shape index (κ2) is 7.33. The van der Waals surface area contributed by atoms with Crippen LogP contribution in [0.4, 0.5) is 0 Å². The largest absolute Gasteiger partial charge is 0.355 e. The highest BCUT2D eigenvalue weighted by molar-refractivity contribution is 5.79. The van der Waals surface area contributed by atoms with Crippen LogP contribution in [0, 0.1) is 6.92 Å². The number of hydrogen-bond acceptors (Lipinski definition) is 2. The monoisotopic (exact) mass is 271 g/mol. The quantitative estimate of drug-likeness (QED) is 0.641. The molecule has 0 amide bonds. The first-order valence-electron chi connectivity index (χ1n) is 6.76. The van der Waals surface area contributed by atoms with Crippen LogP contribution in [0.2, 0.25) is 0 Å². The van der Waals surface area contributed by atoms with Gasteiger partial charge in [-0.15, -0.1) is 0 Å². The van der Waals surface area contributed by atoms with Crippen LogP contribution in [0.3, 0.4) is 0 Å². The molecule has 106 valence electrons. The molecule has 0 spiro atoms. The van der Waals surface area contributed by atoms with Gasteiger partial charge in [0.15, 0.2) is 5.96 Å². The van der Waals surface area contributed by atoms with E-state index in [0.717, 1.165) is 25.6 Å². The lowest BCUT2D eigenvalue weighted by atomic mass is 10.1. The molecule has 0 aliphatic rings. The zero-order valence-corrected chi connectivity index (χ0v) is 12.0. The summed E-state index contributed by atoms with van der Waals surface area (Å²) in [5.41, 5.74) is 2.56. The summed E-state index contributed by atoms with van der Waals surface area (Å²) in [6, 6.07) is 10.3. The lowest BCUT2D eigenvalue weighted by molar-refractivity contribution is 0.597. The van der Waals surface area contributed by atoms with Gasteiger partial charge < -0.3 is 10.6 Å². The van der Waals surface area contributed by atoms with Gasteiger partial charge in [0.25, 0.3) is 0 Å². The Balaban J connectivity index is 1.77. The molecule has 1 aromatic heterocycles. The van der Waals surface area contributed by atoms with E-state index in [0.29, 0.717) is 0 Å². The summed E-state index contributed by atoms with van der Waals surface area (Å²) >= 11 is 0. The van der Waals surface area contributed by atoms with Gasteiger partial charge in [0.1, 0.15) is 0 Å². The van der Waals surface area contributed by atoms with Crippen LogP contribution in [0.15, 0.2) is 47.7 Å². The topological polar surface area (TPSA) is 54.2 Å². The molecule has 2 N–H and O–H groups in total. The smallest absolute Gasteiger partial charge is 0.191 e. The minimum atomic E-state index is 0.772. The Hall–Kier alpha value is -2.30. The lowest BCUT2D eigenvalue weighted by Crippen LogP contribution is -2.38. The molecule has 1 heterocycles. The zero-order chi connectivity index (χ0) is 14.2. The van der Waals surface area contributed by atoms with E-state index in [1.54, 1.807) is 13.2 Å². The fourth-order valence-electron chi connectivity index (χ4n) is 1.93. The molecule has 20 heavy (non-hydrogen) atoms. The zero-order valence-electron chi connectivity index (χ0n) is 12.0. The number of benzene rings is 1. The van der Waals surface area contributed by atoms with Crippen LogP contribution >= 0.6 is 0 Å². The Kier molecular flexibility index (Phi) is 5.17. The third-order valence-corrected chi connectivity index (χ3v) is 3.12. The predicted octanol–water partition coefficient (Wildman–Crippen LogP) is 1.56. The molecule has 0 aliphatic carbocycles. The molecule has 0 saturated carbocycles. The number of aliphatic imine (C=N–C) groups is 1. The van der Waals surface area contributed by atoms with Crippen molar-refractivity contribution in [3.05, 3.63) is 53.9 Å². The average molecular weight is 271 g/mol. The highest BCUT2D eigenvalue weighted by atomic mass is 15.3. The van der Waals surface area contributed by atoms with Gasteiger partial charge in [-0.3, -0.25) is 9.67 Å². The Labute approximate surface area is 119 Å². The molecule has 5 nitrogen and oxygen atoms in total. The van der Waals surface area contributed by atoms with E-state index in [-0.39, 0.29) is 0 Å². The lowest BCUT2D eigenvalue weighted by Gasteiger charge is -2.13. The molecule has 0 aliphatic heterocycles. The van der Waals surface area contributed by atoms with Crippen molar-refractivity contribution in [1.82, 2.24) is 20.4 Å². The van der Waals surface area contributed by atoms with E-state index in [1.807, 2.05) is 16.9 Å². The van der Waals surface area contributed by atoms with Gasteiger partial charge in [0.2, 0.25) is 0 Å². The van der Waals surface area contributed by atoms with E-state index in [9.17, 15) is 0 Å². The van der Waals surface area contributed by atoms with Crippen molar-refractivity contribution in [2.24, 2.45) is 4.99 Å². The van der Waals surface area contributed by atoms with E-state index in [2.05, 4.69) is 51.9 Å². The first-order valence-corrected chi connectivity index (χ1v) is 6.76. The minimum absolute atomic E-state index is 0.772. The highest BCUT2D eigenvalue weighted by Crippen LogP contribution is 2.05. The van der Waals surface area contributed by atoms with Gasteiger partial charge in [-0.1, -0.05) is 24.3 Å². The molecule has 1 aromatic carbocycles. The summed E-state index contributed by atoms with van der Waals surface area (Å²) in [4.78, 5) is 4.22. The second-order valence-electron chi connectivity index (χ2n) is 4.55. The van der Waals surface area contributed by atoms with Crippen LogP contribution in [0.1, 0.15) is 11.1 Å². The van der Waals surface area contributed by atoms with Crippen LogP contribution < -0.4 is 10.6 Å². The van der Waals surface area contributed by atoms with Crippen molar-refractivity contribution < 1.29 is 0 Å².